The van der Waals surface area contributed by atoms with E-state index in [4.69, 9.17) is 9.47 Å². The number of hydrogen-bond donors (Lipinski definition) is 0. The number of benzene rings is 2. The van der Waals surface area contributed by atoms with Crippen LogP contribution in [0.3, 0.4) is 0 Å². The van der Waals surface area contributed by atoms with Crippen LogP contribution in [0.2, 0.25) is 0 Å². The zero-order valence-corrected chi connectivity index (χ0v) is 25.9. The number of rotatable bonds is 20. The summed E-state index contributed by atoms with van der Waals surface area (Å²) in [6.07, 6.45) is 18.1. The molecule has 0 saturated carbocycles. The highest BCUT2D eigenvalue weighted by Gasteiger charge is 2.15. The maximum absolute atomic E-state index is 12.5. The first kappa shape index (κ1) is 31.9. The van der Waals surface area contributed by atoms with Crippen molar-refractivity contribution in [3.8, 4) is 11.5 Å². The van der Waals surface area contributed by atoms with Gasteiger partial charge in [-0.15, -0.1) is 11.8 Å². The number of hydrogen-bond acceptors (Lipinski definition) is 5. The van der Waals surface area contributed by atoms with E-state index in [0.717, 1.165) is 35.8 Å². The quantitative estimate of drug-likeness (QED) is 0.149. The molecule has 0 radical (unpaired) electrons. The molecule has 0 N–H and O–H groups in total. The standard InChI is InChI=1S/C34H50N2O3S/c1-4-5-6-7-8-9-10-11-12-13-14-15-23-39-33-21-18-31(25-34(33)38-3)27-36(29(2)37)32-19-16-30(17-20-32)26-35-22-24-40-28-35/h16-22,24-25H,4-15,23,26-28H2,1-3H3. The number of methoxy groups -OCH3 is 1. The van der Waals surface area contributed by atoms with Gasteiger partial charge in [0.2, 0.25) is 5.91 Å². The van der Waals surface area contributed by atoms with Crippen LogP contribution in [-0.2, 0) is 17.9 Å². The van der Waals surface area contributed by atoms with Crippen molar-refractivity contribution in [1.82, 2.24) is 4.90 Å². The van der Waals surface area contributed by atoms with Gasteiger partial charge in [0.05, 0.1) is 26.1 Å². The second kappa shape index (κ2) is 18.7. The molecule has 0 bridgehead atoms. The molecular weight excluding hydrogens is 516 g/mol. The first-order chi connectivity index (χ1) is 19.6. The SMILES string of the molecule is CCCCCCCCCCCCCCOc1ccc(CN(C(C)=O)c2ccc(CN3C=CSC3)cc2)cc1OC. The summed E-state index contributed by atoms with van der Waals surface area (Å²) in [5, 5.41) is 2.12. The van der Waals surface area contributed by atoms with Crippen molar-refractivity contribution in [2.75, 3.05) is 24.5 Å². The van der Waals surface area contributed by atoms with E-state index in [1.807, 2.05) is 30.3 Å². The average Bonchev–Trinajstić information content (AvgIpc) is 3.48. The minimum atomic E-state index is 0.0119. The normalized spacial score (nSPS) is 12.6. The second-order valence-corrected chi connectivity index (χ2v) is 11.7. The lowest BCUT2D eigenvalue weighted by Crippen LogP contribution is -2.27. The molecule has 5 nitrogen and oxygen atoms in total. The van der Waals surface area contributed by atoms with Crippen molar-refractivity contribution in [1.29, 1.82) is 0 Å². The molecule has 1 heterocycles. The third-order valence-corrected chi connectivity index (χ3v) is 8.24. The van der Waals surface area contributed by atoms with Crippen molar-refractivity contribution in [2.45, 2.75) is 104 Å². The Bertz CT molecular complexity index is 1020. The lowest BCUT2D eigenvalue weighted by atomic mass is 10.1. The lowest BCUT2D eigenvalue weighted by molar-refractivity contribution is -0.116. The third kappa shape index (κ3) is 11.5. The summed E-state index contributed by atoms with van der Waals surface area (Å²) < 4.78 is 11.7. The zero-order valence-electron chi connectivity index (χ0n) is 25.0. The number of carbonyl (C=O) groups is 1. The van der Waals surface area contributed by atoms with Crippen LogP contribution in [-0.4, -0.2) is 30.4 Å². The molecule has 0 fully saturated rings. The van der Waals surface area contributed by atoms with Crippen LogP contribution >= 0.6 is 11.8 Å². The van der Waals surface area contributed by atoms with Crippen molar-refractivity contribution in [2.24, 2.45) is 0 Å². The predicted molar refractivity (Wildman–Crippen MR) is 170 cm³/mol. The highest BCUT2D eigenvalue weighted by molar-refractivity contribution is 8.02. The molecule has 2 aromatic rings. The molecule has 0 aromatic heterocycles. The predicted octanol–water partition coefficient (Wildman–Crippen LogP) is 9.31. The summed E-state index contributed by atoms with van der Waals surface area (Å²) in [5.74, 6) is 2.48. The second-order valence-electron chi connectivity index (χ2n) is 10.8. The Morgan fingerprint density at radius 2 is 1.48 bits per heavy atom. The molecule has 0 unspecified atom stereocenters. The third-order valence-electron chi connectivity index (χ3n) is 7.45. The van der Waals surface area contributed by atoms with Gasteiger partial charge in [0.15, 0.2) is 11.5 Å². The smallest absolute Gasteiger partial charge is 0.224 e. The molecule has 0 saturated heterocycles. The minimum absolute atomic E-state index is 0.0119. The van der Waals surface area contributed by atoms with Gasteiger partial charge in [0.1, 0.15) is 0 Å². The van der Waals surface area contributed by atoms with Gasteiger partial charge in [-0.1, -0.05) is 95.8 Å². The van der Waals surface area contributed by atoms with E-state index in [1.54, 1.807) is 30.7 Å². The van der Waals surface area contributed by atoms with Crippen LogP contribution < -0.4 is 14.4 Å². The molecule has 1 aliphatic rings. The number of anilines is 1. The summed E-state index contributed by atoms with van der Waals surface area (Å²) in [4.78, 5) is 16.6. The van der Waals surface area contributed by atoms with Gasteiger partial charge in [-0.3, -0.25) is 4.79 Å². The molecule has 0 spiro atoms. The molecule has 0 aliphatic carbocycles. The molecule has 40 heavy (non-hydrogen) atoms. The van der Waals surface area contributed by atoms with Gasteiger partial charge in [-0.2, -0.15) is 0 Å². The molecule has 3 rings (SSSR count). The Morgan fingerprint density at radius 1 is 0.850 bits per heavy atom. The maximum Gasteiger partial charge on any atom is 0.224 e. The van der Waals surface area contributed by atoms with Crippen molar-refractivity contribution >= 4 is 23.4 Å². The van der Waals surface area contributed by atoms with E-state index in [9.17, 15) is 4.79 Å². The van der Waals surface area contributed by atoms with E-state index in [2.05, 4.69) is 35.6 Å². The van der Waals surface area contributed by atoms with Crippen LogP contribution in [0, 0.1) is 0 Å². The fourth-order valence-electron chi connectivity index (χ4n) is 5.05. The number of amides is 1. The first-order valence-electron chi connectivity index (χ1n) is 15.3. The van der Waals surface area contributed by atoms with Gasteiger partial charge in [0, 0.05) is 25.4 Å². The van der Waals surface area contributed by atoms with E-state index >= 15 is 0 Å². The lowest BCUT2D eigenvalue weighted by Gasteiger charge is -2.23. The van der Waals surface area contributed by atoms with E-state index < -0.39 is 0 Å². The highest BCUT2D eigenvalue weighted by atomic mass is 32.2. The summed E-state index contributed by atoms with van der Waals surface area (Å²) in [6, 6.07) is 14.3. The van der Waals surface area contributed by atoms with Crippen LogP contribution in [0.15, 0.2) is 54.1 Å². The zero-order chi connectivity index (χ0) is 28.4. The fourth-order valence-corrected chi connectivity index (χ4v) is 5.76. The van der Waals surface area contributed by atoms with Crippen molar-refractivity contribution in [3.63, 3.8) is 0 Å². The van der Waals surface area contributed by atoms with Crippen molar-refractivity contribution < 1.29 is 14.3 Å². The van der Waals surface area contributed by atoms with E-state index in [1.165, 1.54) is 76.2 Å². The molecule has 6 heteroatoms. The molecular formula is C34H50N2O3S. The topological polar surface area (TPSA) is 42.0 Å². The number of carbonyl (C=O) groups excluding carboxylic acids is 1. The molecule has 0 atom stereocenters. The number of thioether (sulfide) groups is 1. The van der Waals surface area contributed by atoms with E-state index in [0.29, 0.717) is 18.9 Å². The Balaban J connectivity index is 1.39. The summed E-state index contributed by atoms with van der Waals surface area (Å²) >= 11 is 1.80. The van der Waals surface area contributed by atoms with Crippen LogP contribution in [0.5, 0.6) is 11.5 Å². The first-order valence-corrected chi connectivity index (χ1v) is 16.3. The number of nitrogens with zero attached hydrogens (tertiary/aromatic N) is 2. The molecule has 220 valence electrons. The van der Waals surface area contributed by atoms with Gasteiger partial charge >= 0.3 is 0 Å². The molecule has 2 aromatic carbocycles. The number of ether oxygens (including phenoxy) is 2. The Morgan fingerprint density at radius 3 is 2.05 bits per heavy atom. The molecule has 1 aliphatic heterocycles. The highest BCUT2D eigenvalue weighted by Crippen LogP contribution is 2.30. The monoisotopic (exact) mass is 566 g/mol. The van der Waals surface area contributed by atoms with E-state index in [-0.39, 0.29) is 5.91 Å². The largest absolute Gasteiger partial charge is 0.493 e. The van der Waals surface area contributed by atoms with Crippen LogP contribution in [0.1, 0.15) is 102 Å². The van der Waals surface area contributed by atoms with Gasteiger partial charge < -0.3 is 19.3 Å². The van der Waals surface area contributed by atoms with Crippen LogP contribution in [0.4, 0.5) is 5.69 Å². The summed E-state index contributed by atoms with van der Waals surface area (Å²) in [6.45, 7) is 5.95. The van der Waals surface area contributed by atoms with Crippen LogP contribution in [0.25, 0.3) is 0 Å². The Hall–Kier alpha value is -2.60. The van der Waals surface area contributed by atoms with Crippen molar-refractivity contribution in [3.05, 3.63) is 65.2 Å². The fraction of sp³-hybridized carbons (Fsp3) is 0.559. The average molecular weight is 567 g/mol. The minimum Gasteiger partial charge on any atom is -0.493 e. The Kier molecular flexibility index (Phi) is 14.9. The van der Waals surface area contributed by atoms with Gasteiger partial charge in [0.25, 0.3) is 0 Å². The Labute approximate surface area is 247 Å². The maximum atomic E-state index is 12.5. The molecule has 1 amide bonds. The number of unbranched alkanes of at least 4 members (excludes halogenated alkanes) is 11. The summed E-state index contributed by atoms with van der Waals surface area (Å²) in [5.41, 5.74) is 3.14. The van der Waals surface area contributed by atoms with Gasteiger partial charge in [-0.05, 0) is 47.2 Å². The van der Waals surface area contributed by atoms with Gasteiger partial charge in [-0.25, -0.2) is 0 Å². The summed E-state index contributed by atoms with van der Waals surface area (Å²) in [7, 11) is 1.67.